The average molecular weight is 246 g/mol. The molecule has 0 radical (unpaired) electrons. The lowest BCUT2D eigenvalue weighted by molar-refractivity contribution is 0.477. The van der Waals surface area contributed by atoms with E-state index >= 15 is 0 Å². The van der Waals surface area contributed by atoms with E-state index < -0.39 is 0 Å². The highest BCUT2D eigenvalue weighted by molar-refractivity contribution is 7.09. The largest absolute Gasteiger partial charge is 0.308 e. The van der Waals surface area contributed by atoms with Crippen LogP contribution in [0, 0.1) is 0 Å². The minimum Gasteiger partial charge on any atom is -0.308 e. The first-order valence-electron chi connectivity index (χ1n) is 6.00. The number of hydrogen-bond donors (Lipinski definition) is 1. The van der Waals surface area contributed by atoms with Gasteiger partial charge in [-0.3, -0.25) is 0 Å². The van der Waals surface area contributed by atoms with Gasteiger partial charge in [-0.05, 0) is 12.1 Å². The Hall–Kier alpha value is -1.19. The van der Waals surface area contributed by atoms with Gasteiger partial charge < -0.3 is 5.32 Å². The van der Waals surface area contributed by atoms with Crippen LogP contribution in [0.15, 0.2) is 41.9 Å². The summed E-state index contributed by atoms with van der Waals surface area (Å²) in [5.74, 6) is 0.433. The van der Waals surface area contributed by atoms with Gasteiger partial charge in [-0.1, -0.05) is 44.2 Å². The molecule has 1 N–H and O–H groups in total. The third-order valence-corrected chi connectivity index (χ3v) is 3.83. The second kappa shape index (κ2) is 5.94. The van der Waals surface area contributed by atoms with Crippen LogP contribution in [0.5, 0.6) is 0 Å². The third-order valence-electron chi connectivity index (χ3n) is 2.97. The van der Waals surface area contributed by atoms with E-state index in [1.54, 1.807) is 11.3 Å². The summed E-state index contributed by atoms with van der Waals surface area (Å²) in [7, 11) is 0. The van der Waals surface area contributed by atoms with Crippen molar-refractivity contribution in [1.29, 1.82) is 0 Å². The molecule has 2 unspecified atom stereocenters. The highest BCUT2D eigenvalue weighted by Gasteiger charge is 2.21. The third kappa shape index (κ3) is 2.93. The van der Waals surface area contributed by atoms with E-state index in [2.05, 4.69) is 54.5 Å². The number of nitrogens with zero attached hydrogens (tertiary/aromatic N) is 1. The smallest absolute Gasteiger partial charge is 0.110 e. The van der Waals surface area contributed by atoms with Crippen molar-refractivity contribution in [3.8, 4) is 0 Å². The lowest BCUT2D eigenvalue weighted by atomic mass is 9.93. The van der Waals surface area contributed by atoms with Gasteiger partial charge in [-0.2, -0.15) is 0 Å². The number of thiazole rings is 1. The summed E-state index contributed by atoms with van der Waals surface area (Å²) in [5.41, 5.74) is 1.36. The van der Waals surface area contributed by atoms with Crippen LogP contribution in [0.25, 0.3) is 0 Å². The number of rotatable bonds is 5. The Kier molecular flexibility index (Phi) is 4.29. The van der Waals surface area contributed by atoms with E-state index in [9.17, 15) is 0 Å². The average Bonchev–Trinajstić information content (AvgIpc) is 2.90. The quantitative estimate of drug-likeness (QED) is 0.872. The molecule has 0 amide bonds. The Balaban J connectivity index is 2.22. The van der Waals surface area contributed by atoms with E-state index in [0.29, 0.717) is 12.0 Å². The Morgan fingerprint density at radius 1 is 1.29 bits per heavy atom. The molecule has 1 heterocycles. The van der Waals surface area contributed by atoms with Crippen LogP contribution in [0.1, 0.15) is 36.4 Å². The minimum atomic E-state index is 0.308. The molecule has 0 aliphatic carbocycles. The summed E-state index contributed by atoms with van der Waals surface area (Å²) in [6, 6.07) is 10.9. The molecule has 1 aromatic carbocycles. The van der Waals surface area contributed by atoms with Gasteiger partial charge in [-0.25, -0.2) is 4.98 Å². The van der Waals surface area contributed by atoms with E-state index in [4.69, 9.17) is 0 Å². The highest BCUT2D eigenvalue weighted by atomic mass is 32.1. The maximum atomic E-state index is 4.44. The van der Waals surface area contributed by atoms with Crippen LogP contribution >= 0.6 is 11.3 Å². The van der Waals surface area contributed by atoms with Crippen molar-refractivity contribution in [3.63, 3.8) is 0 Å². The summed E-state index contributed by atoms with van der Waals surface area (Å²) >= 11 is 1.72. The fraction of sp³-hybridized carbons (Fsp3) is 0.357. The number of aromatic nitrogens is 1. The predicted octanol–water partition coefficient (Wildman–Crippen LogP) is 3.60. The fourth-order valence-electron chi connectivity index (χ4n) is 2.03. The monoisotopic (exact) mass is 246 g/mol. The first-order valence-corrected chi connectivity index (χ1v) is 6.88. The zero-order valence-electron chi connectivity index (χ0n) is 10.3. The highest BCUT2D eigenvalue weighted by Crippen LogP contribution is 2.31. The maximum Gasteiger partial charge on any atom is 0.110 e. The van der Waals surface area contributed by atoms with Crippen molar-refractivity contribution in [2.24, 2.45) is 0 Å². The molecule has 0 spiro atoms. The number of likely N-dealkylation sites (N-methyl/N-ethyl adjacent to an activating group) is 1. The number of benzene rings is 1. The molecule has 0 fully saturated rings. The predicted molar refractivity (Wildman–Crippen MR) is 73.4 cm³/mol. The van der Waals surface area contributed by atoms with Crippen molar-refractivity contribution in [2.75, 3.05) is 6.54 Å². The Morgan fingerprint density at radius 2 is 2.06 bits per heavy atom. The molecule has 0 aliphatic rings. The van der Waals surface area contributed by atoms with Gasteiger partial charge in [0.1, 0.15) is 5.01 Å². The van der Waals surface area contributed by atoms with Gasteiger partial charge in [0.2, 0.25) is 0 Å². The molecule has 0 saturated carbocycles. The molecule has 1 aromatic heterocycles. The molecule has 0 saturated heterocycles. The van der Waals surface area contributed by atoms with Gasteiger partial charge in [0.15, 0.2) is 0 Å². The van der Waals surface area contributed by atoms with Crippen LogP contribution in [0.2, 0.25) is 0 Å². The van der Waals surface area contributed by atoms with E-state index in [1.807, 2.05) is 11.6 Å². The molecule has 3 heteroatoms. The second-order valence-corrected chi connectivity index (χ2v) is 5.03. The van der Waals surface area contributed by atoms with Gasteiger partial charge in [0.05, 0.1) is 6.04 Å². The van der Waals surface area contributed by atoms with Gasteiger partial charge in [0, 0.05) is 17.5 Å². The molecule has 0 aliphatic heterocycles. The van der Waals surface area contributed by atoms with E-state index in [-0.39, 0.29) is 0 Å². The standard InChI is InChI=1S/C14H18N2S/c1-3-15-13(14-16-9-10-17-14)11(2)12-7-5-4-6-8-12/h4-11,13,15H,3H2,1-2H3. The maximum absolute atomic E-state index is 4.44. The topological polar surface area (TPSA) is 24.9 Å². The summed E-state index contributed by atoms with van der Waals surface area (Å²) in [6.45, 7) is 5.35. The lowest BCUT2D eigenvalue weighted by Crippen LogP contribution is -2.25. The van der Waals surface area contributed by atoms with Crippen LogP contribution in [-0.2, 0) is 0 Å². The molecule has 90 valence electrons. The molecule has 17 heavy (non-hydrogen) atoms. The Morgan fingerprint density at radius 3 is 2.65 bits per heavy atom. The zero-order valence-corrected chi connectivity index (χ0v) is 11.1. The normalized spacial score (nSPS) is 14.5. The number of nitrogens with one attached hydrogen (secondary N) is 1. The zero-order chi connectivity index (χ0) is 12.1. The Bertz CT molecular complexity index is 425. The van der Waals surface area contributed by atoms with Crippen LogP contribution < -0.4 is 5.32 Å². The summed E-state index contributed by atoms with van der Waals surface area (Å²) in [5, 5.41) is 6.74. The summed E-state index contributed by atoms with van der Waals surface area (Å²) in [6.07, 6.45) is 1.88. The first kappa shape index (κ1) is 12.3. The van der Waals surface area contributed by atoms with Crippen LogP contribution in [0.4, 0.5) is 0 Å². The molecule has 2 aromatic rings. The Labute approximate surface area is 107 Å². The summed E-state index contributed by atoms with van der Waals surface area (Å²) in [4.78, 5) is 4.44. The van der Waals surface area contributed by atoms with Crippen molar-refractivity contribution in [2.45, 2.75) is 25.8 Å². The molecule has 2 nitrogen and oxygen atoms in total. The van der Waals surface area contributed by atoms with Crippen molar-refractivity contribution >= 4 is 11.3 Å². The SMILES string of the molecule is CCNC(c1nccs1)C(C)c1ccccc1. The molecule has 2 atom stereocenters. The molecule has 0 bridgehead atoms. The lowest BCUT2D eigenvalue weighted by Gasteiger charge is -2.23. The fourth-order valence-corrected chi connectivity index (χ4v) is 2.85. The van der Waals surface area contributed by atoms with E-state index in [0.717, 1.165) is 6.54 Å². The van der Waals surface area contributed by atoms with Gasteiger partial charge >= 0.3 is 0 Å². The van der Waals surface area contributed by atoms with Crippen molar-refractivity contribution in [3.05, 3.63) is 52.5 Å². The van der Waals surface area contributed by atoms with Crippen molar-refractivity contribution < 1.29 is 0 Å². The van der Waals surface area contributed by atoms with Crippen molar-refractivity contribution in [1.82, 2.24) is 10.3 Å². The van der Waals surface area contributed by atoms with Crippen LogP contribution in [-0.4, -0.2) is 11.5 Å². The first-order chi connectivity index (χ1) is 8.33. The summed E-state index contributed by atoms with van der Waals surface area (Å²) < 4.78 is 0. The minimum absolute atomic E-state index is 0.308. The van der Waals surface area contributed by atoms with Crippen LogP contribution in [0.3, 0.4) is 0 Å². The molecular formula is C14H18N2S. The molecular weight excluding hydrogens is 228 g/mol. The second-order valence-electron chi connectivity index (χ2n) is 4.11. The van der Waals surface area contributed by atoms with Gasteiger partial charge in [0.25, 0.3) is 0 Å². The number of hydrogen-bond acceptors (Lipinski definition) is 3. The van der Waals surface area contributed by atoms with Gasteiger partial charge in [-0.15, -0.1) is 11.3 Å². The molecule has 2 rings (SSSR count). The van der Waals surface area contributed by atoms with E-state index in [1.165, 1.54) is 10.6 Å².